The molecular formula is C14H26N2O. The third-order valence-electron chi connectivity index (χ3n) is 4.36. The average Bonchev–Trinajstić information content (AvgIpc) is 2.81. The molecule has 1 unspecified atom stereocenters. The van der Waals surface area contributed by atoms with Gasteiger partial charge in [0.25, 0.3) is 0 Å². The van der Waals surface area contributed by atoms with Crippen LogP contribution in [0.5, 0.6) is 0 Å². The lowest BCUT2D eigenvalue weighted by Gasteiger charge is -2.35. The summed E-state index contributed by atoms with van der Waals surface area (Å²) in [4.78, 5) is 2.61. The number of ether oxygens (including phenoxy) is 1. The Morgan fingerprint density at radius 2 is 2.41 bits per heavy atom. The highest BCUT2D eigenvalue weighted by molar-refractivity contribution is 5.08. The zero-order valence-electron chi connectivity index (χ0n) is 11.3. The van der Waals surface area contributed by atoms with E-state index in [-0.39, 0.29) is 0 Å². The fourth-order valence-electron chi connectivity index (χ4n) is 3.03. The molecule has 2 aliphatic rings. The smallest absolute Gasteiger partial charge is 0.0673 e. The number of hydrogen-bond donors (Lipinski definition) is 1. The van der Waals surface area contributed by atoms with E-state index in [0.717, 1.165) is 13.2 Å². The molecule has 17 heavy (non-hydrogen) atoms. The van der Waals surface area contributed by atoms with Crippen molar-refractivity contribution in [3.8, 4) is 0 Å². The summed E-state index contributed by atoms with van der Waals surface area (Å²) in [5, 5.41) is 3.52. The minimum atomic E-state index is 0.534. The minimum absolute atomic E-state index is 0.534. The van der Waals surface area contributed by atoms with E-state index in [1.807, 2.05) is 0 Å². The molecule has 0 spiro atoms. The Balaban J connectivity index is 1.84. The Bertz CT molecular complexity index is 269. The van der Waals surface area contributed by atoms with E-state index in [2.05, 4.69) is 23.2 Å². The third-order valence-corrected chi connectivity index (χ3v) is 4.36. The van der Waals surface area contributed by atoms with Gasteiger partial charge in [-0.2, -0.15) is 0 Å². The highest BCUT2D eigenvalue weighted by atomic mass is 16.5. The van der Waals surface area contributed by atoms with Crippen molar-refractivity contribution in [2.24, 2.45) is 5.41 Å². The number of rotatable bonds is 5. The molecule has 0 saturated carbocycles. The molecule has 0 bridgehead atoms. The van der Waals surface area contributed by atoms with Gasteiger partial charge in [0.1, 0.15) is 0 Å². The monoisotopic (exact) mass is 238 g/mol. The quantitative estimate of drug-likeness (QED) is 0.737. The summed E-state index contributed by atoms with van der Waals surface area (Å²) < 4.78 is 5.19. The van der Waals surface area contributed by atoms with Crippen molar-refractivity contribution in [1.29, 1.82) is 0 Å². The van der Waals surface area contributed by atoms with E-state index in [1.165, 1.54) is 51.0 Å². The topological polar surface area (TPSA) is 24.5 Å². The Hall–Kier alpha value is -0.380. The van der Waals surface area contributed by atoms with Gasteiger partial charge in [-0.1, -0.05) is 13.0 Å². The van der Waals surface area contributed by atoms with Crippen LogP contribution >= 0.6 is 0 Å². The predicted octanol–water partition coefficient (Wildman–Crippen LogP) is 1.65. The molecule has 0 aromatic carbocycles. The standard InChI is InChI=1S/C14H26N2O/c1-3-14(6-7-15-11-14)12-16-8-4-13(5-9-16)10-17-2/h4,15H,3,5-12H2,1-2H3. The van der Waals surface area contributed by atoms with Crippen LogP contribution in [0.3, 0.4) is 0 Å². The zero-order valence-corrected chi connectivity index (χ0v) is 11.3. The van der Waals surface area contributed by atoms with Crippen LogP contribution in [0, 0.1) is 5.41 Å². The molecular weight excluding hydrogens is 212 g/mol. The summed E-state index contributed by atoms with van der Waals surface area (Å²) in [5.74, 6) is 0. The van der Waals surface area contributed by atoms with Crippen LogP contribution in [0.25, 0.3) is 0 Å². The van der Waals surface area contributed by atoms with E-state index < -0.39 is 0 Å². The molecule has 2 rings (SSSR count). The highest BCUT2D eigenvalue weighted by Crippen LogP contribution is 2.31. The molecule has 3 heteroatoms. The second kappa shape index (κ2) is 5.98. The fourth-order valence-corrected chi connectivity index (χ4v) is 3.03. The summed E-state index contributed by atoms with van der Waals surface area (Å²) in [7, 11) is 1.78. The summed E-state index contributed by atoms with van der Waals surface area (Å²) >= 11 is 0. The van der Waals surface area contributed by atoms with Crippen molar-refractivity contribution >= 4 is 0 Å². The van der Waals surface area contributed by atoms with Gasteiger partial charge in [-0.05, 0) is 36.8 Å². The zero-order chi connectivity index (χ0) is 12.1. The van der Waals surface area contributed by atoms with E-state index in [4.69, 9.17) is 4.74 Å². The van der Waals surface area contributed by atoms with Gasteiger partial charge in [0.2, 0.25) is 0 Å². The first-order valence-electron chi connectivity index (χ1n) is 6.88. The molecule has 2 heterocycles. The van der Waals surface area contributed by atoms with Crippen molar-refractivity contribution in [2.75, 3.05) is 46.4 Å². The first-order valence-corrected chi connectivity index (χ1v) is 6.88. The average molecular weight is 238 g/mol. The number of nitrogens with one attached hydrogen (secondary N) is 1. The van der Waals surface area contributed by atoms with Crippen LogP contribution in [0.1, 0.15) is 26.2 Å². The summed E-state index contributed by atoms with van der Waals surface area (Å²) in [6.07, 6.45) is 6.18. The van der Waals surface area contributed by atoms with Crippen molar-refractivity contribution < 1.29 is 4.74 Å². The molecule has 0 radical (unpaired) electrons. The highest BCUT2D eigenvalue weighted by Gasteiger charge is 2.33. The van der Waals surface area contributed by atoms with Gasteiger partial charge in [-0.15, -0.1) is 0 Å². The first-order chi connectivity index (χ1) is 8.28. The molecule has 0 aromatic heterocycles. The molecule has 2 aliphatic heterocycles. The predicted molar refractivity (Wildman–Crippen MR) is 71.2 cm³/mol. The largest absolute Gasteiger partial charge is 0.380 e. The second-order valence-corrected chi connectivity index (χ2v) is 5.56. The molecule has 1 atom stereocenters. The number of nitrogens with zero attached hydrogens (tertiary/aromatic N) is 1. The fraction of sp³-hybridized carbons (Fsp3) is 0.857. The van der Waals surface area contributed by atoms with Gasteiger partial charge in [0, 0.05) is 33.3 Å². The molecule has 0 aromatic rings. The van der Waals surface area contributed by atoms with Crippen LogP contribution in [-0.2, 0) is 4.74 Å². The van der Waals surface area contributed by atoms with Gasteiger partial charge in [0.15, 0.2) is 0 Å². The van der Waals surface area contributed by atoms with Gasteiger partial charge in [-0.3, -0.25) is 4.90 Å². The Morgan fingerprint density at radius 1 is 1.53 bits per heavy atom. The van der Waals surface area contributed by atoms with E-state index in [0.29, 0.717) is 5.41 Å². The Kier molecular flexibility index (Phi) is 4.60. The second-order valence-electron chi connectivity index (χ2n) is 5.56. The van der Waals surface area contributed by atoms with E-state index >= 15 is 0 Å². The molecule has 98 valence electrons. The van der Waals surface area contributed by atoms with E-state index in [9.17, 15) is 0 Å². The van der Waals surface area contributed by atoms with Crippen LogP contribution in [0.4, 0.5) is 0 Å². The van der Waals surface area contributed by atoms with Crippen molar-refractivity contribution in [2.45, 2.75) is 26.2 Å². The van der Waals surface area contributed by atoms with Crippen molar-refractivity contribution in [3.63, 3.8) is 0 Å². The van der Waals surface area contributed by atoms with Gasteiger partial charge in [-0.25, -0.2) is 0 Å². The van der Waals surface area contributed by atoms with Crippen molar-refractivity contribution in [3.05, 3.63) is 11.6 Å². The maximum absolute atomic E-state index is 5.19. The van der Waals surface area contributed by atoms with Crippen molar-refractivity contribution in [1.82, 2.24) is 10.2 Å². The van der Waals surface area contributed by atoms with Gasteiger partial charge >= 0.3 is 0 Å². The maximum atomic E-state index is 5.19. The van der Waals surface area contributed by atoms with Crippen LogP contribution in [-0.4, -0.2) is 51.3 Å². The number of methoxy groups -OCH3 is 1. The van der Waals surface area contributed by atoms with Gasteiger partial charge in [0.05, 0.1) is 6.61 Å². The molecule has 1 saturated heterocycles. The SMILES string of the molecule is CCC1(CN2CC=C(COC)CC2)CCNC1. The molecule has 3 nitrogen and oxygen atoms in total. The van der Waals surface area contributed by atoms with E-state index in [1.54, 1.807) is 7.11 Å². The minimum Gasteiger partial charge on any atom is -0.380 e. The summed E-state index contributed by atoms with van der Waals surface area (Å²) in [6.45, 7) is 9.13. The molecule has 1 fully saturated rings. The van der Waals surface area contributed by atoms with Crippen LogP contribution < -0.4 is 5.32 Å². The maximum Gasteiger partial charge on any atom is 0.0673 e. The normalized spacial score (nSPS) is 30.6. The Morgan fingerprint density at radius 3 is 2.94 bits per heavy atom. The first kappa shape index (κ1) is 13.1. The summed E-state index contributed by atoms with van der Waals surface area (Å²) in [6, 6.07) is 0. The molecule has 0 amide bonds. The molecule has 0 aliphatic carbocycles. The summed E-state index contributed by atoms with van der Waals surface area (Å²) in [5.41, 5.74) is 2.01. The third kappa shape index (κ3) is 3.30. The lowest BCUT2D eigenvalue weighted by atomic mass is 9.83. The lowest BCUT2D eigenvalue weighted by molar-refractivity contribution is 0.160. The Labute approximate surface area is 105 Å². The van der Waals surface area contributed by atoms with Crippen LogP contribution in [0.2, 0.25) is 0 Å². The molecule has 1 N–H and O–H groups in total. The number of hydrogen-bond acceptors (Lipinski definition) is 3. The lowest BCUT2D eigenvalue weighted by Crippen LogP contribution is -2.41. The van der Waals surface area contributed by atoms with Crippen LogP contribution in [0.15, 0.2) is 11.6 Å². The van der Waals surface area contributed by atoms with Gasteiger partial charge < -0.3 is 10.1 Å².